The average Bonchev–Trinajstić information content (AvgIpc) is 2.87. The van der Waals surface area contributed by atoms with E-state index in [0.717, 1.165) is 31.8 Å². The Kier molecular flexibility index (Phi) is 8.51. The van der Waals surface area contributed by atoms with Crippen LogP contribution in [0.5, 0.6) is 0 Å². The van der Waals surface area contributed by atoms with E-state index in [4.69, 9.17) is 0 Å². The van der Waals surface area contributed by atoms with E-state index in [2.05, 4.69) is 43.3 Å². The van der Waals surface area contributed by atoms with Gasteiger partial charge in [0.25, 0.3) is 0 Å². The van der Waals surface area contributed by atoms with Gasteiger partial charge >= 0.3 is 6.18 Å². The number of hydrogen-bond donors (Lipinski definition) is 2. The van der Waals surface area contributed by atoms with Gasteiger partial charge in [-0.05, 0) is 51.0 Å². The van der Waals surface area contributed by atoms with Crippen molar-refractivity contribution in [2.24, 2.45) is 16.3 Å². The van der Waals surface area contributed by atoms with Crippen LogP contribution in [0, 0.1) is 11.3 Å². The maximum atomic E-state index is 12.5. The van der Waals surface area contributed by atoms with Gasteiger partial charge in [-0.15, -0.1) is 0 Å². The number of likely N-dealkylation sites (tertiary alicyclic amines) is 1. The first-order valence-corrected chi connectivity index (χ1v) is 9.32. The Hall–Kier alpha value is -0.980. The number of rotatable bonds is 7. The number of halogens is 3. The predicted molar refractivity (Wildman–Crippen MR) is 97.9 cm³/mol. The number of hydrogen-bond acceptors (Lipinski definition) is 2. The zero-order chi connectivity index (χ0) is 19.1. The first kappa shape index (κ1) is 22.1. The molecular formula is C18H35F3N4. The summed E-state index contributed by atoms with van der Waals surface area (Å²) in [5, 5.41) is 6.64. The van der Waals surface area contributed by atoms with Crippen molar-refractivity contribution in [3.8, 4) is 0 Å². The Morgan fingerprint density at radius 3 is 2.52 bits per heavy atom. The van der Waals surface area contributed by atoms with E-state index in [1.165, 1.54) is 4.90 Å². The minimum absolute atomic E-state index is 0.197. The maximum Gasteiger partial charge on any atom is 0.401 e. The second-order valence-electron chi connectivity index (χ2n) is 8.37. The molecule has 1 rings (SSSR count). The Balaban J connectivity index is 2.45. The lowest BCUT2D eigenvalue weighted by molar-refractivity contribution is -0.143. The van der Waals surface area contributed by atoms with Gasteiger partial charge in [-0.3, -0.25) is 9.89 Å². The predicted octanol–water partition coefficient (Wildman–Crippen LogP) is 3.64. The highest BCUT2D eigenvalue weighted by Crippen LogP contribution is 2.23. The molecule has 1 aliphatic heterocycles. The highest BCUT2D eigenvalue weighted by Gasteiger charge is 2.34. The van der Waals surface area contributed by atoms with Crippen LogP contribution in [0.3, 0.4) is 0 Å². The van der Waals surface area contributed by atoms with Crippen molar-refractivity contribution < 1.29 is 13.2 Å². The lowest BCUT2D eigenvalue weighted by atomic mass is 9.89. The van der Waals surface area contributed by atoms with Gasteiger partial charge in [0, 0.05) is 25.7 Å². The van der Waals surface area contributed by atoms with Crippen molar-refractivity contribution in [1.82, 2.24) is 15.5 Å². The molecule has 2 atom stereocenters. The van der Waals surface area contributed by atoms with Crippen LogP contribution in [0.15, 0.2) is 4.99 Å². The molecular weight excluding hydrogens is 329 g/mol. The van der Waals surface area contributed by atoms with Crippen molar-refractivity contribution in [3.05, 3.63) is 0 Å². The van der Waals surface area contributed by atoms with E-state index in [0.29, 0.717) is 31.1 Å². The molecule has 25 heavy (non-hydrogen) atoms. The molecule has 2 unspecified atom stereocenters. The monoisotopic (exact) mass is 364 g/mol. The lowest BCUT2D eigenvalue weighted by Gasteiger charge is -2.23. The Morgan fingerprint density at radius 1 is 1.28 bits per heavy atom. The van der Waals surface area contributed by atoms with Crippen LogP contribution in [-0.2, 0) is 0 Å². The molecule has 148 valence electrons. The quantitative estimate of drug-likeness (QED) is 0.535. The fraction of sp³-hybridized carbons (Fsp3) is 0.944. The zero-order valence-electron chi connectivity index (χ0n) is 16.3. The first-order chi connectivity index (χ1) is 11.5. The van der Waals surface area contributed by atoms with Crippen LogP contribution in [0.2, 0.25) is 0 Å². The molecule has 1 fully saturated rings. The van der Waals surface area contributed by atoms with E-state index in [9.17, 15) is 13.2 Å². The number of nitrogens with zero attached hydrogens (tertiary/aromatic N) is 2. The van der Waals surface area contributed by atoms with E-state index in [1.807, 2.05) is 6.92 Å². The summed E-state index contributed by atoms with van der Waals surface area (Å²) in [5.41, 5.74) is 0.303. The molecule has 0 amide bonds. The van der Waals surface area contributed by atoms with Gasteiger partial charge in [-0.2, -0.15) is 13.2 Å². The standard InChI is InChI=1S/C18H35F3N4/c1-6-22-16(24-14(2)7-9-17(3,4)5)23-11-15-8-10-25(12-15)13-18(19,20)21/h14-15H,6-13H2,1-5H3,(H2,22,23,24). The summed E-state index contributed by atoms with van der Waals surface area (Å²) in [5.74, 6) is 0.959. The molecule has 0 bridgehead atoms. The van der Waals surface area contributed by atoms with E-state index in [1.54, 1.807) is 0 Å². The molecule has 2 N–H and O–H groups in total. The Bertz CT molecular complexity index is 416. The number of nitrogens with one attached hydrogen (secondary N) is 2. The normalized spacial score (nSPS) is 21.4. The van der Waals surface area contributed by atoms with Gasteiger partial charge in [0.15, 0.2) is 5.96 Å². The van der Waals surface area contributed by atoms with Gasteiger partial charge in [-0.1, -0.05) is 20.8 Å². The second kappa shape index (κ2) is 9.64. The van der Waals surface area contributed by atoms with E-state index in [-0.39, 0.29) is 5.92 Å². The van der Waals surface area contributed by atoms with Crippen LogP contribution in [0.4, 0.5) is 13.2 Å². The largest absolute Gasteiger partial charge is 0.401 e. The fourth-order valence-electron chi connectivity index (χ4n) is 2.95. The highest BCUT2D eigenvalue weighted by atomic mass is 19.4. The summed E-state index contributed by atoms with van der Waals surface area (Å²) >= 11 is 0. The molecule has 0 radical (unpaired) electrons. The van der Waals surface area contributed by atoms with Crippen LogP contribution in [0.1, 0.15) is 53.9 Å². The number of aliphatic imine (C=N–C) groups is 1. The van der Waals surface area contributed by atoms with Crippen LogP contribution < -0.4 is 10.6 Å². The SMILES string of the molecule is CCNC(=NCC1CCN(CC(F)(F)F)C1)NC(C)CCC(C)(C)C. The first-order valence-electron chi connectivity index (χ1n) is 9.32. The third kappa shape index (κ3) is 10.6. The van der Waals surface area contributed by atoms with Gasteiger partial charge in [0.2, 0.25) is 0 Å². The molecule has 1 aliphatic rings. The highest BCUT2D eigenvalue weighted by molar-refractivity contribution is 5.80. The Morgan fingerprint density at radius 2 is 1.96 bits per heavy atom. The minimum atomic E-state index is -4.11. The van der Waals surface area contributed by atoms with Crippen molar-refractivity contribution in [2.75, 3.05) is 32.7 Å². The number of guanidine groups is 1. The van der Waals surface area contributed by atoms with Crippen molar-refractivity contribution in [3.63, 3.8) is 0 Å². The summed E-state index contributed by atoms with van der Waals surface area (Å²) in [6.07, 6.45) is -1.16. The summed E-state index contributed by atoms with van der Waals surface area (Å²) in [4.78, 5) is 6.08. The smallest absolute Gasteiger partial charge is 0.357 e. The van der Waals surface area contributed by atoms with Gasteiger partial charge < -0.3 is 10.6 Å². The molecule has 0 saturated carbocycles. The topological polar surface area (TPSA) is 39.7 Å². The van der Waals surface area contributed by atoms with Crippen LogP contribution in [-0.4, -0.2) is 55.8 Å². The zero-order valence-corrected chi connectivity index (χ0v) is 16.3. The van der Waals surface area contributed by atoms with E-state index < -0.39 is 12.7 Å². The summed E-state index contributed by atoms with van der Waals surface area (Å²) in [7, 11) is 0. The summed E-state index contributed by atoms with van der Waals surface area (Å²) in [6.45, 7) is 12.3. The molecule has 0 aromatic heterocycles. The molecule has 1 saturated heterocycles. The molecule has 4 nitrogen and oxygen atoms in total. The van der Waals surface area contributed by atoms with Crippen LogP contribution in [0.25, 0.3) is 0 Å². The van der Waals surface area contributed by atoms with Crippen molar-refractivity contribution in [1.29, 1.82) is 0 Å². The lowest BCUT2D eigenvalue weighted by Crippen LogP contribution is -2.42. The van der Waals surface area contributed by atoms with Gasteiger partial charge in [-0.25, -0.2) is 0 Å². The van der Waals surface area contributed by atoms with Gasteiger partial charge in [0.05, 0.1) is 6.54 Å². The summed E-state index contributed by atoms with van der Waals surface area (Å²) < 4.78 is 37.4. The molecule has 0 aromatic rings. The molecule has 0 aromatic carbocycles. The maximum absolute atomic E-state index is 12.5. The number of alkyl halides is 3. The minimum Gasteiger partial charge on any atom is -0.357 e. The molecule has 0 spiro atoms. The van der Waals surface area contributed by atoms with E-state index >= 15 is 0 Å². The molecule has 1 heterocycles. The summed E-state index contributed by atoms with van der Waals surface area (Å²) in [6, 6.07) is 0.308. The second-order valence-corrected chi connectivity index (χ2v) is 8.37. The third-order valence-electron chi connectivity index (χ3n) is 4.34. The van der Waals surface area contributed by atoms with Crippen molar-refractivity contribution in [2.45, 2.75) is 66.1 Å². The molecule has 0 aliphatic carbocycles. The molecule has 7 heteroatoms. The van der Waals surface area contributed by atoms with Gasteiger partial charge in [0.1, 0.15) is 0 Å². The Labute approximate surface area is 150 Å². The third-order valence-corrected chi connectivity index (χ3v) is 4.34. The van der Waals surface area contributed by atoms with Crippen LogP contribution >= 0.6 is 0 Å². The fourth-order valence-corrected chi connectivity index (χ4v) is 2.95. The van der Waals surface area contributed by atoms with Crippen molar-refractivity contribution >= 4 is 5.96 Å². The average molecular weight is 365 g/mol.